The first-order valence-electron chi connectivity index (χ1n) is 6.68. The fourth-order valence-corrected chi connectivity index (χ4v) is 3.28. The zero-order valence-corrected chi connectivity index (χ0v) is 11.5. The van der Waals surface area contributed by atoms with Gasteiger partial charge in [-0.15, -0.1) is 0 Å². The third-order valence-electron chi connectivity index (χ3n) is 3.86. The van der Waals surface area contributed by atoms with Gasteiger partial charge in [0.1, 0.15) is 16.4 Å². The molecule has 1 saturated carbocycles. The van der Waals surface area contributed by atoms with E-state index in [9.17, 15) is 0 Å². The Morgan fingerprint density at radius 2 is 2.00 bits per heavy atom. The van der Waals surface area contributed by atoms with Gasteiger partial charge in [-0.1, -0.05) is 42.4 Å². The molecule has 0 atom stereocenters. The van der Waals surface area contributed by atoms with Gasteiger partial charge in [-0.3, -0.25) is 4.99 Å². The fourth-order valence-electron chi connectivity index (χ4n) is 2.92. The summed E-state index contributed by atoms with van der Waals surface area (Å²) >= 11 is 5.48. The molecule has 1 heterocycles. The van der Waals surface area contributed by atoms with Crippen molar-refractivity contribution >= 4 is 22.9 Å². The normalized spacial score (nSPS) is 21.8. The largest absolute Gasteiger partial charge is 0.351 e. The van der Waals surface area contributed by atoms with Gasteiger partial charge in [0, 0.05) is 5.56 Å². The van der Waals surface area contributed by atoms with E-state index in [0.29, 0.717) is 0 Å². The lowest BCUT2D eigenvalue weighted by atomic mass is 9.90. The highest BCUT2D eigenvalue weighted by Gasteiger charge is 2.38. The summed E-state index contributed by atoms with van der Waals surface area (Å²) in [6.45, 7) is 2.10. The number of nitrogens with one attached hydrogen (secondary N) is 1. The van der Waals surface area contributed by atoms with Gasteiger partial charge in [-0.25, -0.2) is 0 Å². The Morgan fingerprint density at radius 3 is 2.72 bits per heavy atom. The third-order valence-corrected chi connectivity index (χ3v) is 4.15. The second kappa shape index (κ2) is 4.47. The van der Waals surface area contributed by atoms with Gasteiger partial charge in [0.25, 0.3) is 0 Å². The van der Waals surface area contributed by atoms with Crippen LogP contribution in [0, 0.1) is 6.92 Å². The number of rotatable bonds is 1. The van der Waals surface area contributed by atoms with Crippen LogP contribution in [0.3, 0.4) is 0 Å². The van der Waals surface area contributed by atoms with Gasteiger partial charge in [-0.05, 0) is 38.7 Å². The van der Waals surface area contributed by atoms with Crippen LogP contribution in [-0.2, 0) is 0 Å². The molecule has 1 aliphatic carbocycles. The Labute approximate surface area is 114 Å². The van der Waals surface area contributed by atoms with E-state index in [2.05, 4.69) is 36.5 Å². The molecule has 0 aromatic heterocycles. The lowest BCUT2D eigenvalue weighted by molar-refractivity contribution is 0.286. The molecule has 0 saturated heterocycles. The monoisotopic (exact) mass is 258 g/mol. The Kier molecular flexibility index (Phi) is 2.94. The Bertz CT molecular complexity index is 513. The summed E-state index contributed by atoms with van der Waals surface area (Å²) in [6.07, 6.45) is 6.05. The molecule has 0 amide bonds. The first kappa shape index (κ1) is 11.8. The van der Waals surface area contributed by atoms with Gasteiger partial charge in [0.05, 0.1) is 0 Å². The maximum absolute atomic E-state index is 5.48. The van der Waals surface area contributed by atoms with Crippen molar-refractivity contribution in [3.8, 4) is 0 Å². The lowest BCUT2D eigenvalue weighted by Gasteiger charge is -2.30. The Morgan fingerprint density at radius 1 is 1.22 bits per heavy atom. The highest BCUT2D eigenvalue weighted by Crippen LogP contribution is 2.33. The standard InChI is InChI=1S/C15H18N2S/c1-11-6-5-7-12(10-11)13-14(18)17-15(16-13)8-3-2-4-9-15/h5-7,10H,2-4,8-9H2,1H3,(H,17,18). The highest BCUT2D eigenvalue weighted by molar-refractivity contribution is 7.82. The smallest absolute Gasteiger partial charge is 0.131 e. The molecule has 1 aliphatic heterocycles. The number of benzene rings is 1. The average Bonchev–Trinajstić information content (AvgIpc) is 2.67. The minimum absolute atomic E-state index is 0.0889. The van der Waals surface area contributed by atoms with E-state index in [-0.39, 0.29) is 5.66 Å². The molecule has 3 heteroatoms. The van der Waals surface area contributed by atoms with E-state index < -0.39 is 0 Å². The average molecular weight is 258 g/mol. The molecular weight excluding hydrogens is 240 g/mol. The van der Waals surface area contributed by atoms with Crippen LogP contribution >= 0.6 is 12.2 Å². The minimum atomic E-state index is -0.0889. The zero-order chi connectivity index (χ0) is 12.6. The van der Waals surface area contributed by atoms with Crippen LogP contribution in [0.2, 0.25) is 0 Å². The van der Waals surface area contributed by atoms with Crippen LogP contribution in [0.4, 0.5) is 0 Å². The summed E-state index contributed by atoms with van der Waals surface area (Å²) in [5.74, 6) is 0. The maximum Gasteiger partial charge on any atom is 0.131 e. The molecular formula is C15H18N2S. The fraction of sp³-hybridized carbons (Fsp3) is 0.467. The maximum atomic E-state index is 5.48. The minimum Gasteiger partial charge on any atom is -0.351 e. The molecule has 94 valence electrons. The topological polar surface area (TPSA) is 24.4 Å². The van der Waals surface area contributed by atoms with Gasteiger partial charge < -0.3 is 5.32 Å². The van der Waals surface area contributed by atoms with E-state index >= 15 is 0 Å². The number of aryl methyl sites for hydroxylation is 1. The number of nitrogens with zero attached hydrogens (tertiary/aromatic N) is 1. The van der Waals surface area contributed by atoms with Crippen molar-refractivity contribution in [3.63, 3.8) is 0 Å². The van der Waals surface area contributed by atoms with E-state index in [0.717, 1.165) is 29.1 Å². The van der Waals surface area contributed by atoms with Crippen LogP contribution in [0.1, 0.15) is 43.2 Å². The molecule has 0 radical (unpaired) electrons. The van der Waals surface area contributed by atoms with Crippen LogP contribution in [0.25, 0.3) is 0 Å². The predicted molar refractivity (Wildman–Crippen MR) is 79.3 cm³/mol. The molecule has 1 aromatic carbocycles. The summed E-state index contributed by atoms with van der Waals surface area (Å²) in [6, 6.07) is 8.43. The second-order valence-corrected chi connectivity index (χ2v) is 5.78. The van der Waals surface area contributed by atoms with E-state index in [1.54, 1.807) is 0 Å². The number of thiocarbonyl (C=S) groups is 1. The highest BCUT2D eigenvalue weighted by atomic mass is 32.1. The van der Waals surface area contributed by atoms with E-state index in [1.807, 2.05) is 0 Å². The van der Waals surface area contributed by atoms with Crippen molar-refractivity contribution in [2.24, 2.45) is 4.99 Å². The molecule has 18 heavy (non-hydrogen) atoms. The lowest BCUT2D eigenvalue weighted by Crippen LogP contribution is -2.43. The molecule has 1 aromatic rings. The van der Waals surface area contributed by atoms with Crippen molar-refractivity contribution in [1.82, 2.24) is 5.32 Å². The SMILES string of the molecule is Cc1cccc(C2=NC3(CCCCC3)NC2=S)c1. The van der Waals surface area contributed by atoms with Crippen molar-refractivity contribution in [3.05, 3.63) is 35.4 Å². The number of hydrogen-bond acceptors (Lipinski definition) is 2. The quantitative estimate of drug-likeness (QED) is 0.781. The van der Waals surface area contributed by atoms with Gasteiger partial charge in [0.15, 0.2) is 0 Å². The molecule has 2 aliphatic rings. The molecule has 2 nitrogen and oxygen atoms in total. The van der Waals surface area contributed by atoms with Gasteiger partial charge >= 0.3 is 0 Å². The molecule has 0 bridgehead atoms. The first-order chi connectivity index (χ1) is 8.69. The van der Waals surface area contributed by atoms with Gasteiger partial charge in [-0.2, -0.15) is 0 Å². The molecule has 1 spiro atoms. The van der Waals surface area contributed by atoms with Crippen LogP contribution in [-0.4, -0.2) is 16.4 Å². The van der Waals surface area contributed by atoms with Crippen LogP contribution in [0.5, 0.6) is 0 Å². The summed E-state index contributed by atoms with van der Waals surface area (Å²) < 4.78 is 0. The van der Waals surface area contributed by atoms with Crippen LogP contribution in [0.15, 0.2) is 29.3 Å². The molecule has 1 N–H and O–H groups in total. The third kappa shape index (κ3) is 2.07. The second-order valence-electron chi connectivity index (χ2n) is 5.38. The Balaban J connectivity index is 1.96. The van der Waals surface area contributed by atoms with Crippen molar-refractivity contribution in [2.75, 3.05) is 0 Å². The van der Waals surface area contributed by atoms with E-state index in [4.69, 9.17) is 17.2 Å². The first-order valence-corrected chi connectivity index (χ1v) is 7.09. The molecule has 3 rings (SSSR count). The van der Waals surface area contributed by atoms with Gasteiger partial charge in [0.2, 0.25) is 0 Å². The van der Waals surface area contributed by atoms with Crippen molar-refractivity contribution < 1.29 is 0 Å². The number of hydrogen-bond donors (Lipinski definition) is 1. The zero-order valence-electron chi connectivity index (χ0n) is 10.7. The summed E-state index contributed by atoms with van der Waals surface area (Å²) in [5, 5.41) is 3.46. The summed E-state index contributed by atoms with van der Waals surface area (Å²) in [4.78, 5) is 5.76. The van der Waals surface area contributed by atoms with E-state index in [1.165, 1.54) is 24.8 Å². The van der Waals surface area contributed by atoms with Crippen LogP contribution < -0.4 is 5.32 Å². The Hall–Kier alpha value is -1.22. The predicted octanol–water partition coefficient (Wildman–Crippen LogP) is 3.38. The van der Waals surface area contributed by atoms with Crippen molar-refractivity contribution in [1.29, 1.82) is 0 Å². The summed E-state index contributed by atoms with van der Waals surface area (Å²) in [5.41, 5.74) is 3.29. The molecule has 0 unspecified atom stereocenters. The molecule has 1 fully saturated rings. The summed E-state index contributed by atoms with van der Waals surface area (Å²) in [7, 11) is 0. The number of aliphatic imine (C=N–C) groups is 1. The van der Waals surface area contributed by atoms with Crippen molar-refractivity contribution in [2.45, 2.75) is 44.7 Å².